The second-order valence-electron chi connectivity index (χ2n) is 5.92. The molecule has 0 amide bonds. The molecule has 0 aliphatic rings. The van der Waals surface area contributed by atoms with Crippen LogP contribution in [0.25, 0.3) is 0 Å². The molecule has 0 aliphatic heterocycles. The van der Waals surface area contributed by atoms with E-state index in [4.69, 9.17) is 10.00 Å². The predicted molar refractivity (Wildman–Crippen MR) is 85.7 cm³/mol. The number of rotatable bonds is 13. The Balaban J connectivity index is 3.63. The van der Waals surface area contributed by atoms with Gasteiger partial charge in [0.25, 0.3) is 0 Å². The molecule has 0 aromatic rings. The van der Waals surface area contributed by atoms with E-state index in [9.17, 15) is 0 Å². The molecule has 118 valence electrons. The van der Waals surface area contributed by atoms with Crippen LogP contribution < -0.4 is 5.32 Å². The standard InChI is InChI=1S/C17H34N2O/c1-5-8-11-16(6-2)14-20-13-10-9-12-17(4,15-18)19-7-3/h16,19H,5-14H2,1-4H3. The van der Waals surface area contributed by atoms with Crippen molar-refractivity contribution < 1.29 is 4.74 Å². The second-order valence-corrected chi connectivity index (χ2v) is 5.92. The molecule has 0 saturated carbocycles. The van der Waals surface area contributed by atoms with Crippen molar-refractivity contribution in [3.63, 3.8) is 0 Å². The molecular weight excluding hydrogens is 248 g/mol. The Morgan fingerprint density at radius 2 is 1.95 bits per heavy atom. The van der Waals surface area contributed by atoms with E-state index in [0.29, 0.717) is 0 Å². The van der Waals surface area contributed by atoms with Crippen molar-refractivity contribution in [1.29, 1.82) is 5.26 Å². The summed E-state index contributed by atoms with van der Waals surface area (Å²) in [6.07, 6.45) is 8.08. The topological polar surface area (TPSA) is 45.0 Å². The third-order valence-corrected chi connectivity index (χ3v) is 3.93. The smallest absolute Gasteiger partial charge is 0.103 e. The summed E-state index contributed by atoms with van der Waals surface area (Å²) in [5.41, 5.74) is -0.373. The maximum Gasteiger partial charge on any atom is 0.103 e. The lowest BCUT2D eigenvalue weighted by atomic mass is 9.96. The number of nitriles is 1. The van der Waals surface area contributed by atoms with Crippen LogP contribution >= 0.6 is 0 Å². The van der Waals surface area contributed by atoms with E-state index in [1.807, 2.05) is 13.8 Å². The molecule has 0 fully saturated rings. The Morgan fingerprint density at radius 3 is 2.50 bits per heavy atom. The van der Waals surface area contributed by atoms with Gasteiger partial charge in [-0.05, 0) is 45.1 Å². The van der Waals surface area contributed by atoms with Gasteiger partial charge in [0.1, 0.15) is 5.54 Å². The molecule has 3 heteroatoms. The lowest BCUT2D eigenvalue weighted by molar-refractivity contribution is 0.0901. The molecule has 0 aromatic carbocycles. The van der Waals surface area contributed by atoms with Crippen molar-refractivity contribution in [2.45, 2.75) is 78.2 Å². The van der Waals surface area contributed by atoms with Crippen LogP contribution in [0.4, 0.5) is 0 Å². The van der Waals surface area contributed by atoms with Gasteiger partial charge >= 0.3 is 0 Å². The molecule has 3 nitrogen and oxygen atoms in total. The number of unbranched alkanes of at least 4 members (excludes halogenated alkanes) is 2. The van der Waals surface area contributed by atoms with Gasteiger partial charge in [-0.3, -0.25) is 5.32 Å². The molecule has 0 aromatic heterocycles. The van der Waals surface area contributed by atoms with Gasteiger partial charge < -0.3 is 4.74 Å². The van der Waals surface area contributed by atoms with E-state index < -0.39 is 0 Å². The quantitative estimate of drug-likeness (QED) is 0.513. The Kier molecular flexibility index (Phi) is 11.8. The summed E-state index contributed by atoms with van der Waals surface area (Å²) in [6.45, 7) is 11.1. The van der Waals surface area contributed by atoms with Gasteiger partial charge in [0.2, 0.25) is 0 Å². The van der Waals surface area contributed by atoms with E-state index in [-0.39, 0.29) is 5.54 Å². The van der Waals surface area contributed by atoms with E-state index in [1.165, 1.54) is 25.7 Å². The second kappa shape index (κ2) is 12.2. The van der Waals surface area contributed by atoms with Crippen molar-refractivity contribution in [1.82, 2.24) is 5.32 Å². The molecule has 20 heavy (non-hydrogen) atoms. The van der Waals surface area contributed by atoms with Crippen molar-refractivity contribution in [2.24, 2.45) is 5.92 Å². The van der Waals surface area contributed by atoms with Crippen molar-refractivity contribution in [3.05, 3.63) is 0 Å². The maximum absolute atomic E-state index is 9.16. The van der Waals surface area contributed by atoms with Gasteiger partial charge in [0.15, 0.2) is 0 Å². The molecule has 2 unspecified atom stereocenters. The Labute approximate surface area is 126 Å². The highest BCUT2D eigenvalue weighted by Gasteiger charge is 2.21. The number of hydrogen-bond acceptors (Lipinski definition) is 3. The van der Waals surface area contributed by atoms with Crippen molar-refractivity contribution in [2.75, 3.05) is 19.8 Å². The van der Waals surface area contributed by atoms with Gasteiger partial charge in [0.05, 0.1) is 6.07 Å². The number of nitrogens with one attached hydrogen (secondary N) is 1. The minimum Gasteiger partial charge on any atom is -0.381 e. The Morgan fingerprint density at radius 1 is 1.20 bits per heavy atom. The van der Waals surface area contributed by atoms with Crippen LogP contribution in [-0.2, 0) is 4.74 Å². The molecule has 1 N–H and O–H groups in total. The molecule has 0 aliphatic carbocycles. The molecule has 0 bridgehead atoms. The largest absolute Gasteiger partial charge is 0.381 e. The first kappa shape index (κ1) is 19.4. The van der Waals surface area contributed by atoms with E-state index in [1.54, 1.807) is 0 Å². The van der Waals surface area contributed by atoms with Crippen LogP contribution in [0.15, 0.2) is 0 Å². The first-order valence-electron chi connectivity index (χ1n) is 8.35. The summed E-state index contributed by atoms with van der Waals surface area (Å²) in [4.78, 5) is 0. The van der Waals surface area contributed by atoms with Crippen LogP contribution in [0.5, 0.6) is 0 Å². The Hall–Kier alpha value is -0.590. The summed E-state index contributed by atoms with van der Waals surface area (Å²) in [6, 6.07) is 2.37. The van der Waals surface area contributed by atoms with Crippen LogP contribution in [0.3, 0.4) is 0 Å². The van der Waals surface area contributed by atoms with Crippen LogP contribution in [-0.4, -0.2) is 25.3 Å². The zero-order chi connectivity index (χ0) is 15.3. The zero-order valence-corrected chi connectivity index (χ0v) is 14.0. The SMILES string of the molecule is CCCCC(CC)COCCCCC(C)(C#N)NCC. The highest BCUT2D eigenvalue weighted by Crippen LogP contribution is 2.15. The summed E-state index contributed by atoms with van der Waals surface area (Å²) in [5.74, 6) is 0.723. The lowest BCUT2D eigenvalue weighted by Crippen LogP contribution is -2.40. The molecule has 2 atom stereocenters. The van der Waals surface area contributed by atoms with Crippen molar-refractivity contribution >= 4 is 0 Å². The fourth-order valence-electron chi connectivity index (χ4n) is 2.40. The average molecular weight is 282 g/mol. The van der Waals surface area contributed by atoms with Crippen molar-refractivity contribution in [3.8, 4) is 6.07 Å². The summed E-state index contributed by atoms with van der Waals surface area (Å²) in [5, 5.41) is 12.4. The van der Waals surface area contributed by atoms with Gasteiger partial charge in [-0.15, -0.1) is 0 Å². The molecular formula is C17H34N2O. The third kappa shape index (κ3) is 9.34. The molecule has 0 rings (SSSR count). The fourth-order valence-corrected chi connectivity index (χ4v) is 2.40. The lowest BCUT2D eigenvalue weighted by Gasteiger charge is -2.22. The third-order valence-electron chi connectivity index (χ3n) is 3.93. The minimum atomic E-state index is -0.373. The Bertz CT molecular complexity index is 262. The first-order chi connectivity index (χ1) is 9.61. The number of ether oxygens (including phenoxy) is 1. The number of hydrogen-bond donors (Lipinski definition) is 1. The average Bonchev–Trinajstić information content (AvgIpc) is 2.46. The van der Waals surface area contributed by atoms with Crippen LogP contribution in [0.1, 0.15) is 72.6 Å². The highest BCUT2D eigenvalue weighted by atomic mass is 16.5. The van der Waals surface area contributed by atoms with Crippen LogP contribution in [0, 0.1) is 17.2 Å². The molecule has 0 spiro atoms. The van der Waals surface area contributed by atoms with Gasteiger partial charge in [-0.2, -0.15) is 5.26 Å². The maximum atomic E-state index is 9.16. The van der Waals surface area contributed by atoms with Crippen LogP contribution in [0.2, 0.25) is 0 Å². The molecule has 0 heterocycles. The van der Waals surface area contributed by atoms with E-state index in [0.717, 1.165) is 44.9 Å². The summed E-state index contributed by atoms with van der Waals surface area (Å²) < 4.78 is 5.79. The molecule has 0 saturated heterocycles. The summed E-state index contributed by atoms with van der Waals surface area (Å²) in [7, 11) is 0. The monoisotopic (exact) mass is 282 g/mol. The zero-order valence-electron chi connectivity index (χ0n) is 14.0. The minimum absolute atomic E-state index is 0.373. The van der Waals surface area contributed by atoms with E-state index >= 15 is 0 Å². The normalized spacial score (nSPS) is 15.6. The summed E-state index contributed by atoms with van der Waals surface area (Å²) >= 11 is 0. The highest BCUT2D eigenvalue weighted by molar-refractivity contribution is 5.03. The number of nitrogens with zero attached hydrogens (tertiary/aromatic N) is 1. The molecule has 0 radical (unpaired) electrons. The van der Waals surface area contributed by atoms with Gasteiger partial charge in [0, 0.05) is 13.2 Å². The first-order valence-corrected chi connectivity index (χ1v) is 8.35. The van der Waals surface area contributed by atoms with Gasteiger partial charge in [-0.1, -0.05) is 40.0 Å². The van der Waals surface area contributed by atoms with Gasteiger partial charge in [-0.25, -0.2) is 0 Å². The fraction of sp³-hybridized carbons (Fsp3) is 0.941. The predicted octanol–water partition coefficient (Wildman–Crippen LogP) is 4.28. The van der Waals surface area contributed by atoms with E-state index in [2.05, 4.69) is 25.2 Å².